The zero-order valence-corrected chi connectivity index (χ0v) is 37.0. The molecule has 0 amide bonds. The highest BCUT2D eigenvalue weighted by molar-refractivity contribution is 9.10. The van der Waals surface area contributed by atoms with Gasteiger partial charge in [-0.25, -0.2) is 0 Å². The summed E-state index contributed by atoms with van der Waals surface area (Å²) in [6.07, 6.45) is 0. The van der Waals surface area contributed by atoms with Crippen LogP contribution in [-0.2, 0) is 4.79 Å². The highest BCUT2D eigenvalue weighted by Crippen LogP contribution is 2.43. The quantitative estimate of drug-likeness (QED) is 0.112. The van der Waals surface area contributed by atoms with Crippen molar-refractivity contribution in [2.45, 2.75) is 13.8 Å². The van der Waals surface area contributed by atoms with Crippen molar-refractivity contribution >= 4 is 27.6 Å². The van der Waals surface area contributed by atoms with Crippen LogP contribution in [0.15, 0.2) is 199 Å². The lowest BCUT2D eigenvalue weighted by Crippen LogP contribution is -2.12. The summed E-state index contributed by atoms with van der Waals surface area (Å²) >= 11 is 3.65. The molecule has 10 heteroatoms. The van der Waals surface area contributed by atoms with E-state index >= 15 is 0 Å². The van der Waals surface area contributed by atoms with Crippen LogP contribution in [0.3, 0.4) is 0 Å². The van der Waals surface area contributed by atoms with Crippen molar-refractivity contribution in [2.24, 2.45) is 0 Å². The highest BCUT2D eigenvalue weighted by atomic mass is 79.9. The van der Waals surface area contributed by atoms with Crippen LogP contribution in [0.2, 0.25) is 0 Å². The third kappa shape index (κ3) is 9.52. The number of ether oxygens (including phenoxy) is 2. The minimum absolute atomic E-state index is 0.153. The first-order chi connectivity index (χ1) is 31.4. The first-order valence-corrected chi connectivity index (χ1v) is 21.9. The van der Waals surface area contributed by atoms with E-state index in [4.69, 9.17) is 24.8 Å². The van der Waals surface area contributed by atoms with E-state index in [9.17, 15) is 4.79 Å². The molecule has 2 aromatic heterocycles. The third-order valence-electron chi connectivity index (χ3n) is 10.3. The first-order valence-electron chi connectivity index (χ1n) is 21.1. The first kappa shape index (κ1) is 43.0. The number of nitrogens with one attached hydrogen (secondary N) is 1. The van der Waals surface area contributed by atoms with Crippen molar-refractivity contribution in [2.75, 3.05) is 25.1 Å². The van der Waals surface area contributed by atoms with E-state index < -0.39 is 5.97 Å². The summed E-state index contributed by atoms with van der Waals surface area (Å²) in [6, 6.07) is 64.6. The Morgan fingerprint density at radius 3 is 1.44 bits per heavy atom. The van der Waals surface area contributed by atoms with Crippen LogP contribution < -0.4 is 14.8 Å². The second-order valence-corrected chi connectivity index (χ2v) is 15.4. The highest BCUT2D eigenvalue weighted by Gasteiger charge is 2.26. The van der Waals surface area contributed by atoms with E-state index in [1.807, 2.05) is 169 Å². The van der Waals surface area contributed by atoms with Gasteiger partial charge in [-0.3, -0.25) is 4.79 Å². The van der Waals surface area contributed by atoms with Crippen molar-refractivity contribution in [3.8, 4) is 79.0 Å². The number of hydrogen-bond donors (Lipinski definition) is 2. The monoisotopic (exact) mass is 907 g/mol. The molecule has 0 bridgehead atoms. The molecule has 9 rings (SSSR count). The summed E-state index contributed by atoms with van der Waals surface area (Å²) in [6.45, 7) is 4.85. The molecule has 0 aliphatic heterocycles. The van der Waals surface area contributed by atoms with E-state index in [1.165, 1.54) is 0 Å². The van der Waals surface area contributed by atoms with Crippen molar-refractivity contribution in [1.29, 1.82) is 0 Å². The topological polar surface area (TPSA) is 103 Å². The number of hydrogen-bond acceptors (Lipinski definition) is 6. The SMILES string of the molecule is CCOc1c(-c2ccccc2)c(-c2ccccc2)nn1-c1ccccc1-c1cccc(NCC(=O)O)c1.CCOc1c(-c2ccccc2)c(-c2ccccc2)nn1-c1ccccc1Br. The predicted molar refractivity (Wildman–Crippen MR) is 260 cm³/mol. The number of aromatic nitrogens is 4. The molecule has 0 atom stereocenters. The number of nitrogens with zero attached hydrogens (tertiary/aromatic N) is 4. The van der Waals surface area contributed by atoms with Crippen LogP contribution in [0.5, 0.6) is 11.8 Å². The number of para-hydroxylation sites is 2. The molecule has 2 N–H and O–H groups in total. The van der Waals surface area contributed by atoms with Crippen molar-refractivity contribution in [3.63, 3.8) is 0 Å². The van der Waals surface area contributed by atoms with Gasteiger partial charge in [0.05, 0.1) is 35.7 Å². The van der Waals surface area contributed by atoms with Gasteiger partial charge in [-0.15, -0.1) is 0 Å². The van der Waals surface area contributed by atoms with Gasteiger partial charge in [-0.2, -0.15) is 19.6 Å². The summed E-state index contributed by atoms with van der Waals surface area (Å²) in [5, 5.41) is 22.1. The molecule has 0 aliphatic carbocycles. The van der Waals surface area contributed by atoms with Gasteiger partial charge in [0, 0.05) is 26.9 Å². The van der Waals surface area contributed by atoms with E-state index in [0.717, 1.165) is 83.3 Å². The molecule has 7 aromatic carbocycles. The van der Waals surface area contributed by atoms with E-state index in [-0.39, 0.29) is 6.54 Å². The maximum Gasteiger partial charge on any atom is 0.322 e. The predicted octanol–water partition coefficient (Wildman–Crippen LogP) is 13.1. The van der Waals surface area contributed by atoms with Gasteiger partial charge in [0.25, 0.3) is 0 Å². The number of carbonyl (C=O) groups is 1. The number of rotatable bonds is 14. The lowest BCUT2D eigenvalue weighted by molar-refractivity contribution is -0.134. The Morgan fingerprint density at radius 2 is 0.953 bits per heavy atom. The number of carboxylic acid groups (broad SMARTS) is 1. The molecule has 9 nitrogen and oxygen atoms in total. The van der Waals surface area contributed by atoms with Crippen LogP contribution in [0, 0.1) is 0 Å². The molecule has 0 unspecified atom stereocenters. The molecule has 9 aromatic rings. The molecule has 0 saturated carbocycles. The second-order valence-electron chi connectivity index (χ2n) is 14.5. The Hall–Kier alpha value is -7.69. The fourth-order valence-electron chi connectivity index (χ4n) is 7.50. The Morgan fingerprint density at radius 1 is 0.531 bits per heavy atom. The van der Waals surface area contributed by atoms with Crippen LogP contribution in [0.25, 0.3) is 67.3 Å². The lowest BCUT2D eigenvalue weighted by Gasteiger charge is -2.15. The van der Waals surface area contributed by atoms with Gasteiger partial charge in [-0.05, 0) is 76.8 Å². The lowest BCUT2D eigenvalue weighted by atomic mass is 10.0. The Kier molecular flexibility index (Phi) is 13.7. The normalized spacial score (nSPS) is 10.7. The van der Waals surface area contributed by atoms with E-state index in [0.29, 0.717) is 19.1 Å². The fraction of sp³-hybridized carbons (Fsp3) is 0.0926. The molecule has 64 heavy (non-hydrogen) atoms. The molecule has 0 aliphatic rings. The van der Waals surface area contributed by atoms with Gasteiger partial charge in [0.2, 0.25) is 11.8 Å². The van der Waals surface area contributed by atoms with Crippen LogP contribution >= 0.6 is 15.9 Å². The summed E-state index contributed by atoms with van der Waals surface area (Å²) in [5.41, 5.74) is 12.3. The summed E-state index contributed by atoms with van der Waals surface area (Å²) in [5.74, 6) is 0.500. The van der Waals surface area contributed by atoms with Crippen molar-refractivity contribution in [3.05, 3.63) is 199 Å². The third-order valence-corrected chi connectivity index (χ3v) is 11.0. The second kappa shape index (κ2) is 20.5. The molecule has 0 saturated heterocycles. The molecule has 0 spiro atoms. The number of aliphatic carboxylic acids is 1. The smallest absolute Gasteiger partial charge is 0.322 e. The minimum atomic E-state index is -0.911. The maximum atomic E-state index is 11.0. The van der Waals surface area contributed by atoms with Gasteiger partial charge in [0.1, 0.15) is 17.9 Å². The number of anilines is 1. The van der Waals surface area contributed by atoms with Gasteiger partial charge < -0.3 is 19.9 Å². The number of halogens is 1. The molecular weight excluding hydrogens is 863 g/mol. The van der Waals surface area contributed by atoms with Crippen molar-refractivity contribution in [1.82, 2.24) is 19.6 Å². The van der Waals surface area contributed by atoms with Crippen LogP contribution in [0.1, 0.15) is 13.8 Å². The number of benzene rings is 7. The van der Waals surface area contributed by atoms with E-state index in [1.54, 1.807) is 0 Å². The Balaban J connectivity index is 0.000000184. The average Bonchev–Trinajstić information content (AvgIpc) is 3.91. The summed E-state index contributed by atoms with van der Waals surface area (Å²) < 4.78 is 17.1. The van der Waals surface area contributed by atoms with Gasteiger partial charge >= 0.3 is 5.97 Å². The van der Waals surface area contributed by atoms with Crippen LogP contribution in [0.4, 0.5) is 5.69 Å². The van der Waals surface area contributed by atoms with Crippen molar-refractivity contribution < 1.29 is 19.4 Å². The molecular formula is C54H46BrN5O4. The minimum Gasteiger partial charge on any atom is -0.480 e. The van der Waals surface area contributed by atoms with Gasteiger partial charge in [0.15, 0.2) is 0 Å². The summed E-state index contributed by atoms with van der Waals surface area (Å²) in [4.78, 5) is 11.0. The maximum absolute atomic E-state index is 11.0. The standard InChI is InChI=1S/C31H27N3O3.C23H19BrN2O/c1-2-37-31-29(22-12-5-3-6-13-22)30(23-14-7-4-8-15-23)33-34(31)27-19-10-9-18-26(27)24-16-11-17-25(20-24)32-21-28(35)36;1-2-27-23-21(17-11-5-3-6-12-17)22(18-13-7-4-8-14-18)25-26(23)20-16-10-9-15-19(20)24/h3-20,32H,2,21H2,1H3,(H,35,36);3-16H,2H2,1H3. The fourth-order valence-corrected chi connectivity index (χ4v) is 7.95. The zero-order valence-electron chi connectivity index (χ0n) is 35.4. The average molecular weight is 909 g/mol. The summed E-state index contributed by atoms with van der Waals surface area (Å²) in [7, 11) is 0. The largest absolute Gasteiger partial charge is 0.480 e. The molecule has 318 valence electrons. The molecule has 0 radical (unpaired) electrons. The molecule has 2 heterocycles. The Bertz CT molecular complexity index is 2950. The Labute approximate surface area is 381 Å². The van der Waals surface area contributed by atoms with E-state index in [2.05, 4.69) is 69.8 Å². The van der Waals surface area contributed by atoms with Gasteiger partial charge in [-0.1, -0.05) is 164 Å². The number of carboxylic acids is 1. The zero-order chi connectivity index (χ0) is 44.3. The molecule has 0 fully saturated rings. The van der Waals surface area contributed by atoms with Crippen LogP contribution in [-0.4, -0.2) is 50.4 Å².